The predicted molar refractivity (Wildman–Crippen MR) is 55.1 cm³/mol. The standard InChI is InChI=1S/C10H20N2O2/c1-2-3-6-14-8-10(13)12-9-4-5-11-7-9/h9,11H,2-8H2,1H3,(H,12,13). The second kappa shape index (κ2) is 6.79. The minimum atomic E-state index is 0.00908. The molecule has 0 spiro atoms. The Kier molecular flexibility index (Phi) is 5.56. The number of hydrogen-bond donors (Lipinski definition) is 2. The normalized spacial score (nSPS) is 21.1. The van der Waals surface area contributed by atoms with E-state index in [1.165, 1.54) is 0 Å². The van der Waals surface area contributed by atoms with Crippen LogP contribution in [0.1, 0.15) is 26.2 Å². The number of carbonyl (C=O) groups is 1. The van der Waals surface area contributed by atoms with E-state index in [2.05, 4.69) is 17.6 Å². The molecule has 0 aliphatic carbocycles. The van der Waals surface area contributed by atoms with Crippen molar-refractivity contribution in [2.75, 3.05) is 26.3 Å². The third kappa shape index (κ3) is 4.58. The van der Waals surface area contributed by atoms with Crippen molar-refractivity contribution in [3.05, 3.63) is 0 Å². The van der Waals surface area contributed by atoms with Gasteiger partial charge in [0.15, 0.2) is 0 Å². The quantitative estimate of drug-likeness (QED) is 0.606. The molecule has 1 saturated heterocycles. The fourth-order valence-corrected chi connectivity index (χ4v) is 1.46. The Balaban J connectivity index is 1.98. The van der Waals surface area contributed by atoms with E-state index in [0.717, 1.165) is 32.4 Å². The van der Waals surface area contributed by atoms with Crippen LogP contribution in [-0.2, 0) is 9.53 Å². The monoisotopic (exact) mass is 200 g/mol. The summed E-state index contributed by atoms with van der Waals surface area (Å²) in [5, 5.41) is 6.13. The molecule has 1 heterocycles. The highest BCUT2D eigenvalue weighted by molar-refractivity contribution is 5.77. The van der Waals surface area contributed by atoms with Gasteiger partial charge >= 0.3 is 0 Å². The summed E-state index contributed by atoms with van der Waals surface area (Å²) < 4.78 is 5.21. The van der Waals surface area contributed by atoms with Crippen molar-refractivity contribution < 1.29 is 9.53 Å². The van der Waals surface area contributed by atoms with Crippen molar-refractivity contribution in [2.45, 2.75) is 32.2 Å². The second-order valence-corrected chi connectivity index (χ2v) is 3.66. The third-order valence-corrected chi connectivity index (χ3v) is 2.30. The average Bonchev–Trinajstić information content (AvgIpc) is 2.65. The molecule has 4 heteroatoms. The molecule has 1 amide bonds. The molecule has 0 aromatic heterocycles. The van der Waals surface area contributed by atoms with Gasteiger partial charge < -0.3 is 15.4 Å². The molecule has 4 nitrogen and oxygen atoms in total. The molecular formula is C10H20N2O2. The lowest BCUT2D eigenvalue weighted by atomic mass is 10.2. The Hall–Kier alpha value is -0.610. The first-order valence-corrected chi connectivity index (χ1v) is 5.40. The Labute approximate surface area is 85.4 Å². The van der Waals surface area contributed by atoms with Crippen molar-refractivity contribution in [3.8, 4) is 0 Å². The van der Waals surface area contributed by atoms with E-state index in [1.54, 1.807) is 0 Å². The topological polar surface area (TPSA) is 50.4 Å². The van der Waals surface area contributed by atoms with Crippen LogP contribution in [0.15, 0.2) is 0 Å². The van der Waals surface area contributed by atoms with Crippen LogP contribution >= 0.6 is 0 Å². The number of unbranched alkanes of at least 4 members (excludes halogenated alkanes) is 1. The smallest absolute Gasteiger partial charge is 0.246 e. The Bertz CT molecular complexity index is 168. The van der Waals surface area contributed by atoms with Crippen molar-refractivity contribution >= 4 is 5.91 Å². The molecule has 0 radical (unpaired) electrons. The number of hydrogen-bond acceptors (Lipinski definition) is 3. The summed E-state index contributed by atoms with van der Waals surface area (Å²) in [7, 11) is 0. The van der Waals surface area contributed by atoms with Crippen LogP contribution in [-0.4, -0.2) is 38.3 Å². The predicted octanol–water partition coefficient (Wildman–Crippen LogP) is 0.281. The lowest BCUT2D eigenvalue weighted by molar-refractivity contribution is -0.126. The van der Waals surface area contributed by atoms with Crippen LogP contribution in [0.4, 0.5) is 0 Å². The molecule has 1 unspecified atom stereocenters. The summed E-state index contributed by atoms with van der Waals surface area (Å²) >= 11 is 0. The van der Waals surface area contributed by atoms with E-state index < -0.39 is 0 Å². The Morgan fingerprint density at radius 1 is 1.64 bits per heavy atom. The van der Waals surface area contributed by atoms with Crippen LogP contribution in [0.3, 0.4) is 0 Å². The van der Waals surface area contributed by atoms with Crippen LogP contribution in [0.2, 0.25) is 0 Å². The first-order chi connectivity index (χ1) is 6.83. The van der Waals surface area contributed by atoms with Crippen molar-refractivity contribution in [2.24, 2.45) is 0 Å². The Morgan fingerprint density at radius 2 is 2.50 bits per heavy atom. The van der Waals surface area contributed by atoms with Gasteiger partial charge in [-0.05, 0) is 19.4 Å². The molecule has 1 fully saturated rings. The molecule has 1 aliphatic heterocycles. The zero-order valence-electron chi connectivity index (χ0n) is 8.84. The molecular weight excluding hydrogens is 180 g/mol. The van der Waals surface area contributed by atoms with Gasteiger partial charge in [0.25, 0.3) is 0 Å². The Morgan fingerprint density at radius 3 is 3.14 bits per heavy atom. The maximum absolute atomic E-state index is 11.3. The number of amides is 1. The van der Waals surface area contributed by atoms with Gasteiger partial charge in [-0.1, -0.05) is 13.3 Å². The van der Waals surface area contributed by atoms with E-state index >= 15 is 0 Å². The number of rotatable bonds is 6. The van der Waals surface area contributed by atoms with E-state index in [4.69, 9.17) is 4.74 Å². The number of ether oxygens (including phenoxy) is 1. The van der Waals surface area contributed by atoms with Gasteiger partial charge in [-0.15, -0.1) is 0 Å². The lowest BCUT2D eigenvalue weighted by Gasteiger charge is -2.11. The SMILES string of the molecule is CCCCOCC(=O)NC1CCNC1. The van der Waals surface area contributed by atoms with Gasteiger partial charge in [0.1, 0.15) is 6.61 Å². The molecule has 14 heavy (non-hydrogen) atoms. The maximum Gasteiger partial charge on any atom is 0.246 e. The van der Waals surface area contributed by atoms with Gasteiger partial charge in [-0.25, -0.2) is 0 Å². The summed E-state index contributed by atoms with van der Waals surface area (Å²) in [6, 6.07) is 0.303. The summed E-state index contributed by atoms with van der Waals surface area (Å²) in [6.07, 6.45) is 3.16. The largest absolute Gasteiger partial charge is 0.372 e. The van der Waals surface area contributed by atoms with Crippen LogP contribution in [0.25, 0.3) is 0 Å². The molecule has 1 atom stereocenters. The van der Waals surface area contributed by atoms with Gasteiger partial charge in [-0.3, -0.25) is 4.79 Å². The highest BCUT2D eigenvalue weighted by Gasteiger charge is 2.16. The fraction of sp³-hybridized carbons (Fsp3) is 0.900. The van der Waals surface area contributed by atoms with Crippen molar-refractivity contribution in [1.82, 2.24) is 10.6 Å². The van der Waals surface area contributed by atoms with Gasteiger partial charge in [0.2, 0.25) is 5.91 Å². The first kappa shape index (κ1) is 11.5. The average molecular weight is 200 g/mol. The van der Waals surface area contributed by atoms with E-state index in [1.807, 2.05) is 0 Å². The zero-order chi connectivity index (χ0) is 10.2. The van der Waals surface area contributed by atoms with Crippen molar-refractivity contribution in [3.63, 3.8) is 0 Å². The molecule has 2 N–H and O–H groups in total. The van der Waals surface area contributed by atoms with Crippen LogP contribution in [0.5, 0.6) is 0 Å². The minimum absolute atomic E-state index is 0.00908. The summed E-state index contributed by atoms with van der Waals surface area (Å²) in [5.74, 6) is 0.00908. The van der Waals surface area contributed by atoms with Crippen LogP contribution in [0, 0.1) is 0 Å². The van der Waals surface area contributed by atoms with Crippen molar-refractivity contribution in [1.29, 1.82) is 0 Å². The van der Waals surface area contributed by atoms with Gasteiger partial charge in [0.05, 0.1) is 0 Å². The third-order valence-electron chi connectivity index (χ3n) is 2.30. The number of carbonyl (C=O) groups excluding carboxylic acids is 1. The zero-order valence-corrected chi connectivity index (χ0v) is 8.84. The summed E-state index contributed by atoms with van der Waals surface area (Å²) in [5.41, 5.74) is 0. The van der Waals surface area contributed by atoms with Crippen LogP contribution < -0.4 is 10.6 Å². The van der Waals surface area contributed by atoms with E-state index in [-0.39, 0.29) is 12.5 Å². The van der Waals surface area contributed by atoms with Gasteiger partial charge in [0, 0.05) is 19.2 Å². The number of nitrogens with one attached hydrogen (secondary N) is 2. The summed E-state index contributed by atoms with van der Waals surface area (Å²) in [6.45, 7) is 4.89. The van der Waals surface area contributed by atoms with E-state index in [0.29, 0.717) is 12.6 Å². The second-order valence-electron chi connectivity index (χ2n) is 3.66. The molecule has 0 bridgehead atoms. The van der Waals surface area contributed by atoms with E-state index in [9.17, 15) is 4.79 Å². The molecule has 0 saturated carbocycles. The molecule has 0 aromatic rings. The highest BCUT2D eigenvalue weighted by Crippen LogP contribution is 1.96. The fourth-order valence-electron chi connectivity index (χ4n) is 1.46. The summed E-state index contributed by atoms with van der Waals surface area (Å²) in [4.78, 5) is 11.3. The molecule has 1 rings (SSSR count). The first-order valence-electron chi connectivity index (χ1n) is 5.40. The maximum atomic E-state index is 11.3. The molecule has 0 aromatic carbocycles. The molecule has 82 valence electrons. The highest BCUT2D eigenvalue weighted by atomic mass is 16.5. The lowest BCUT2D eigenvalue weighted by Crippen LogP contribution is -2.38. The minimum Gasteiger partial charge on any atom is -0.372 e. The molecule has 1 aliphatic rings. The van der Waals surface area contributed by atoms with Gasteiger partial charge in [-0.2, -0.15) is 0 Å².